The maximum absolute atomic E-state index is 13.7. The number of carbonyl (C=O) groups excluding carboxylic acids is 2. The van der Waals surface area contributed by atoms with Gasteiger partial charge in [0.25, 0.3) is 0 Å². The van der Waals surface area contributed by atoms with Crippen LogP contribution in [0, 0.1) is 29.1 Å². The highest BCUT2D eigenvalue weighted by Gasteiger charge is 2.47. The lowest BCUT2D eigenvalue weighted by molar-refractivity contribution is -0.140. The third-order valence-corrected chi connectivity index (χ3v) is 7.12. The maximum atomic E-state index is 13.7. The van der Waals surface area contributed by atoms with Crippen LogP contribution in [0.15, 0.2) is 18.2 Å². The van der Waals surface area contributed by atoms with E-state index in [0.717, 1.165) is 5.56 Å². The standard InChI is InChI=1S/C28H42NO6Si/c1-28(2,3)26(35-36(7)8)23-19-29(18-20-15-16-21(32-4)17-24(20)33-5)27(31)22(23)13-11-9-10-12-14-25(30)34-6/h15-17,22-23,26H,10,12-14,18-19H2,1-8H3/t22-,23+,26?/m1/s1. The minimum Gasteiger partial charge on any atom is -0.497 e. The van der Waals surface area contributed by atoms with E-state index < -0.39 is 9.04 Å². The van der Waals surface area contributed by atoms with Crippen molar-refractivity contribution in [3.05, 3.63) is 23.8 Å². The van der Waals surface area contributed by atoms with E-state index in [1.807, 2.05) is 23.1 Å². The van der Waals surface area contributed by atoms with Crippen LogP contribution in [0.5, 0.6) is 11.5 Å². The summed E-state index contributed by atoms with van der Waals surface area (Å²) in [6.07, 6.45) is 2.02. The maximum Gasteiger partial charge on any atom is 0.305 e. The predicted octanol–water partition coefficient (Wildman–Crippen LogP) is 4.70. The first-order valence-electron chi connectivity index (χ1n) is 12.5. The molecule has 36 heavy (non-hydrogen) atoms. The molecule has 1 aliphatic rings. The molecule has 0 N–H and O–H groups in total. The summed E-state index contributed by atoms with van der Waals surface area (Å²) >= 11 is 0. The Morgan fingerprint density at radius 3 is 2.47 bits per heavy atom. The van der Waals surface area contributed by atoms with Crippen molar-refractivity contribution in [2.45, 2.75) is 72.2 Å². The van der Waals surface area contributed by atoms with Crippen LogP contribution in [-0.2, 0) is 25.3 Å². The van der Waals surface area contributed by atoms with Crippen molar-refractivity contribution < 1.29 is 28.2 Å². The molecule has 0 saturated carbocycles. The number of unbranched alkanes of at least 4 members (excludes halogenated alkanes) is 1. The minimum atomic E-state index is -0.972. The molecule has 8 heteroatoms. The molecule has 1 unspecified atom stereocenters. The monoisotopic (exact) mass is 516 g/mol. The fraction of sp³-hybridized carbons (Fsp3) is 0.643. The van der Waals surface area contributed by atoms with Crippen LogP contribution in [0.1, 0.15) is 52.0 Å². The Morgan fingerprint density at radius 2 is 1.89 bits per heavy atom. The largest absolute Gasteiger partial charge is 0.497 e. The molecule has 1 heterocycles. The number of amides is 1. The first-order chi connectivity index (χ1) is 17.0. The fourth-order valence-electron chi connectivity index (χ4n) is 4.62. The number of rotatable bonds is 11. The van der Waals surface area contributed by atoms with E-state index in [4.69, 9.17) is 13.9 Å². The summed E-state index contributed by atoms with van der Waals surface area (Å²) < 4.78 is 22.1. The Bertz CT molecular complexity index is 946. The van der Waals surface area contributed by atoms with Gasteiger partial charge in [-0.2, -0.15) is 0 Å². The zero-order valence-electron chi connectivity index (χ0n) is 23.1. The van der Waals surface area contributed by atoms with Crippen molar-refractivity contribution in [2.24, 2.45) is 17.3 Å². The third-order valence-electron chi connectivity index (χ3n) is 6.39. The zero-order valence-corrected chi connectivity index (χ0v) is 24.1. The smallest absolute Gasteiger partial charge is 0.305 e. The topological polar surface area (TPSA) is 74.3 Å². The molecule has 1 amide bonds. The number of hydrogen-bond acceptors (Lipinski definition) is 6. The van der Waals surface area contributed by atoms with E-state index in [2.05, 4.69) is 50.4 Å². The molecular formula is C28H42NO6Si. The molecule has 1 fully saturated rings. The highest BCUT2D eigenvalue weighted by atomic mass is 28.3. The number of likely N-dealkylation sites (tertiary alicyclic amines) is 1. The van der Waals surface area contributed by atoms with Crippen LogP contribution in [0.4, 0.5) is 0 Å². The number of esters is 1. The molecular weight excluding hydrogens is 474 g/mol. The van der Waals surface area contributed by atoms with Gasteiger partial charge in [-0.05, 0) is 37.1 Å². The van der Waals surface area contributed by atoms with E-state index in [1.54, 1.807) is 14.2 Å². The summed E-state index contributed by atoms with van der Waals surface area (Å²) in [5.74, 6) is 7.44. The first-order valence-corrected chi connectivity index (χ1v) is 14.9. The lowest BCUT2D eigenvalue weighted by Gasteiger charge is -2.38. The van der Waals surface area contributed by atoms with Gasteiger partial charge in [0.15, 0.2) is 0 Å². The molecule has 1 aliphatic heterocycles. The van der Waals surface area contributed by atoms with E-state index in [1.165, 1.54) is 7.11 Å². The SMILES string of the molecule is COC(=O)CCCC#CC[C@H]1C(=O)N(Cc2ccc(OC)cc2OC)C[C@@H]1C(O[Si](C)C)C(C)(C)C. The van der Waals surface area contributed by atoms with E-state index in [9.17, 15) is 9.59 Å². The Kier molecular flexibility index (Phi) is 11.3. The Labute approximate surface area is 218 Å². The number of ether oxygens (including phenoxy) is 3. The number of carbonyl (C=O) groups is 2. The summed E-state index contributed by atoms with van der Waals surface area (Å²) in [6.45, 7) is 11.9. The molecule has 2 rings (SSSR count). The minimum absolute atomic E-state index is 0.0333. The summed E-state index contributed by atoms with van der Waals surface area (Å²) in [6, 6.07) is 5.68. The highest BCUT2D eigenvalue weighted by Crippen LogP contribution is 2.40. The Morgan fingerprint density at radius 1 is 1.17 bits per heavy atom. The van der Waals surface area contributed by atoms with Gasteiger partial charge in [0, 0.05) is 49.9 Å². The highest BCUT2D eigenvalue weighted by molar-refractivity contribution is 6.48. The van der Waals surface area contributed by atoms with Gasteiger partial charge in [-0.15, -0.1) is 11.8 Å². The normalized spacial score (nSPS) is 18.6. The Hall–Kier alpha value is -2.50. The first kappa shape index (κ1) is 29.7. The number of methoxy groups -OCH3 is 3. The van der Waals surface area contributed by atoms with Gasteiger partial charge in [-0.3, -0.25) is 9.59 Å². The van der Waals surface area contributed by atoms with Crippen molar-refractivity contribution in [1.82, 2.24) is 4.90 Å². The van der Waals surface area contributed by atoms with Crippen LogP contribution >= 0.6 is 0 Å². The quantitative estimate of drug-likeness (QED) is 0.184. The molecule has 7 nitrogen and oxygen atoms in total. The summed E-state index contributed by atoms with van der Waals surface area (Å²) in [5.41, 5.74) is 0.816. The molecule has 1 saturated heterocycles. The summed E-state index contributed by atoms with van der Waals surface area (Å²) in [5, 5.41) is 0. The van der Waals surface area contributed by atoms with Gasteiger partial charge in [0.2, 0.25) is 14.9 Å². The summed E-state index contributed by atoms with van der Waals surface area (Å²) in [7, 11) is 3.66. The Balaban J connectivity index is 2.26. The van der Waals surface area contributed by atoms with Crippen LogP contribution in [-0.4, -0.2) is 59.8 Å². The average Bonchev–Trinajstić information content (AvgIpc) is 3.13. The van der Waals surface area contributed by atoms with Gasteiger partial charge in [0.1, 0.15) is 11.5 Å². The fourth-order valence-corrected chi connectivity index (χ4v) is 5.66. The van der Waals surface area contributed by atoms with Crippen LogP contribution in [0.2, 0.25) is 13.1 Å². The number of benzene rings is 1. The number of hydrogen-bond donors (Lipinski definition) is 0. The van der Waals surface area contributed by atoms with Gasteiger partial charge in [0.05, 0.1) is 33.4 Å². The van der Waals surface area contributed by atoms with Gasteiger partial charge in [-0.25, -0.2) is 0 Å². The molecule has 1 radical (unpaired) electrons. The number of nitrogens with zero attached hydrogens (tertiary/aromatic N) is 1. The van der Waals surface area contributed by atoms with Gasteiger partial charge < -0.3 is 23.5 Å². The molecule has 199 valence electrons. The van der Waals surface area contributed by atoms with E-state index in [0.29, 0.717) is 50.3 Å². The molecule has 0 bridgehead atoms. The molecule has 0 aromatic heterocycles. The summed E-state index contributed by atoms with van der Waals surface area (Å²) in [4.78, 5) is 26.9. The van der Waals surface area contributed by atoms with Crippen LogP contribution in [0.25, 0.3) is 0 Å². The third kappa shape index (κ3) is 8.28. The van der Waals surface area contributed by atoms with E-state index in [-0.39, 0.29) is 35.2 Å². The van der Waals surface area contributed by atoms with Crippen molar-refractivity contribution in [3.8, 4) is 23.3 Å². The van der Waals surface area contributed by atoms with E-state index >= 15 is 0 Å². The molecule has 1 aromatic rings. The second kappa shape index (κ2) is 13.7. The van der Waals surface area contributed by atoms with Crippen molar-refractivity contribution in [2.75, 3.05) is 27.9 Å². The predicted molar refractivity (Wildman–Crippen MR) is 142 cm³/mol. The lowest BCUT2D eigenvalue weighted by atomic mass is 9.76. The zero-order chi connectivity index (χ0) is 26.9. The van der Waals surface area contributed by atoms with Gasteiger partial charge in [-0.1, -0.05) is 20.8 Å². The van der Waals surface area contributed by atoms with Crippen molar-refractivity contribution in [3.63, 3.8) is 0 Å². The molecule has 0 aliphatic carbocycles. The lowest BCUT2D eigenvalue weighted by Crippen LogP contribution is -2.42. The van der Waals surface area contributed by atoms with Gasteiger partial charge >= 0.3 is 5.97 Å². The second-order valence-corrected chi connectivity index (χ2v) is 12.5. The van der Waals surface area contributed by atoms with Crippen molar-refractivity contribution >= 4 is 20.9 Å². The van der Waals surface area contributed by atoms with Crippen LogP contribution < -0.4 is 9.47 Å². The molecule has 3 atom stereocenters. The second-order valence-electron chi connectivity index (χ2n) is 10.5. The van der Waals surface area contributed by atoms with Crippen molar-refractivity contribution in [1.29, 1.82) is 0 Å². The molecule has 0 spiro atoms. The molecule has 1 aromatic carbocycles. The van der Waals surface area contributed by atoms with Crippen LogP contribution in [0.3, 0.4) is 0 Å². The average molecular weight is 517 g/mol.